The molecule has 0 aliphatic heterocycles. The van der Waals surface area contributed by atoms with E-state index in [0.717, 1.165) is 104 Å². The summed E-state index contributed by atoms with van der Waals surface area (Å²) in [5.41, 5.74) is 6.15. The molecule has 1 atom stereocenters. The maximum atomic E-state index is 12.4. The van der Waals surface area contributed by atoms with E-state index in [2.05, 4.69) is 25.7 Å². The number of nitrogens with one attached hydrogen (secondary N) is 3. The number of hydrogen-bond donors (Lipinski definition) is 6. The van der Waals surface area contributed by atoms with Gasteiger partial charge in [0.05, 0.1) is 0 Å². The van der Waals surface area contributed by atoms with Gasteiger partial charge >= 0.3 is 226 Å². The number of amides is 1. The summed E-state index contributed by atoms with van der Waals surface area (Å²) < 4.78 is 17.3. The van der Waals surface area contributed by atoms with Gasteiger partial charge in [0.1, 0.15) is 0 Å². The molecule has 0 saturated carbocycles. The number of aliphatic imine (C=N–C) groups is 1. The van der Waals surface area contributed by atoms with Crippen LogP contribution in [0.25, 0.3) is 0 Å². The van der Waals surface area contributed by atoms with Crippen LogP contribution < -0.4 is 21.5 Å². The second-order valence-corrected chi connectivity index (χ2v) is 17.5. The van der Waals surface area contributed by atoms with Gasteiger partial charge in [-0.25, -0.2) is 0 Å². The van der Waals surface area contributed by atoms with E-state index in [4.69, 9.17) is 10.4 Å². The second-order valence-electron chi connectivity index (χ2n) is 17.5. The van der Waals surface area contributed by atoms with Gasteiger partial charge in [0.15, 0.2) is 0 Å². The van der Waals surface area contributed by atoms with Crippen LogP contribution in [-0.4, -0.2) is 96.0 Å². The molecule has 7 N–H and O–H groups in total. The van der Waals surface area contributed by atoms with E-state index in [1.54, 1.807) is 20.9 Å². The molecule has 15 heteroatoms. The van der Waals surface area contributed by atoms with Crippen LogP contribution in [0.4, 0.5) is 0 Å². The van der Waals surface area contributed by atoms with Gasteiger partial charge in [-0.2, -0.15) is 0 Å². The van der Waals surface area contributed by atoms with Crippen molar-refractivity contribution in [1.29, 1.82) is 0 Å². The average Bonchev–Trinajstić information content (AvgIpc) is 3.23. The fraction of sp³-hybridized carbons (Fsp3) is 0.956. The first-order chi connectivity index (χ1) is 29.4. The van der Waals surface area contributed by atoms with Crippen LogP contribution in [0.1, 0.15) is 212 Å². The summed E-state index contributed by atoms with van der Waals surface area (Å²) in [4.78, 5) is 21.6. The molecule has 60 heavy (non-hydrogen) atoms. The molecule has 0 bridgehead atoms. The molecule has 11 nitrogen and oxygen atoms in total. The molecular weight excluding hydrogens is 748 g/mol. The van der Waals surface area contributed by atoms with E-state index >= 15 is 0 Å². The van der Waals surface area contributed by atoms with Gasteiger partial charge < -0.3 is 5.73 Å². The van der Waals surface area contributed by atoms with Crippen molar-refractivity contribution >= 4 is 40.0 Å². The molecule has 0 aliphatic carbocycles. The number of hydrogen-bond acceptors (Lipinski definition) is 10. The van der Waals surface area contributed by atoms with Crippen molar-refractivity contribution in [2.75, 3.05) is 45.9 Å². The molecule has 0 fully saturated rings. The number of carbonyl (C=O) groups excluding carboxylic acids is 1. The van der Waals surface area contributed by atoms with Crippen molar-refractivity contribution in [1.82, 2.24) is 15.8 Å². The van der Waals surface area contributed by atoms with E-state index in [9.17, 15) is 19.5 Å². The fourth-order valence-electron chi connectivity index (χ4n) is 7.52. The normalized spacial score (nSPS) is 12.1. The Kier molecular flexibility index (Phi) is 47.5. The first-order valence-corrected chi connectivity index (χ1v) is 25.3. The molecule has 0 heterocycles. The molecular formula is C45H94B4N6O5. The summed E-state index contributed by atoms with van der Waals surface area (Å²) in [5, 5.41) is 27.7. The third kappa shape index (κ3) is 47.6. The maximum absolute atomic E-state index is 12.4. The van der Waals surface area contributed by atoms with Crippen molar-refractivity contribution in [2.24, 2.45) is 21.5 Å². The zero-order valence-corrected chi connectivity index (χ0v) is 39.3. The first-order valence-electron chi connectivity index (χ1n) is 25.3. The van der Waals surface area contributed by atoms with Crippen LogP contribution in [0.2, 0.25) is 13.6 Å². The molecule has 0 aromatic rings. The first kappa shape index (κ1) is 58.6. The monoisotopic (exact) mass is 843 g/mol. The average molecular weight is 843 g/mol. The summed E-state index contributed by atoms with van der Waals surface area (Å²) in [6.45, 7) is 8.33. The van der Waals surface area contributed by atoms with E-state index < -0.39 is 14.1 Å². The Morgan fingerprint density at radius 3 is 1.53 bits per heavy atom. The molecule has 0 aliphatic rings. The van der Waals surface area contributed by atoms with Gasteiger partial charge in [0.2, 0.25) is 0 Å². The molecule has 0 spiro atoms. The number of nitrogens with two attached hydrogens (primary N) is 1. The van der Waals surface area contributed by atoms with E-state index in [0.29, 0.717) is 44.7 Å². The van der Waals surface area contributed by atoms with Gasteiger partial charge in [0.25, 0.3) is 0 Å². The Morgan fingerprint density at radius 2 is 1.02 bits per heavy atom. The van der Waals surface area contributed by atoms with Crippen molar-refractivity contribution in [3.8, 4) is 0 Å². The molecule has 0 saturated heterocycles. The van der Waals surface area contributed by atoms with E-state index in [-0.39, 0.29) is 11.8 Å². The Labute approximate surface area is 371 Å². The third-order valence-corrected chi connectivity index (χ3v) is 11.3. The number of carbonyl (C=O) groups is 1. The number of rotatable bonds is 49. The standard InChI is InChI=1S/C45H94B4N6O5/c1-48(58)54-38-30-24-32-40-60-47-53-42-43(41-52-44(46-57)34-27-31-39-55-49(2)59)33-25-21-23-29-37-51-45(56)35-26-20-18-16-14-12-10-8-6-4-3-5-7-9-11-13-15-17-19-22-28-36-50/h43,54-55,58-59H,3-42,50H2,1-2H3,(H,51,56). The van der Waals surface area contributed by atoms with Gasteiger partial charge in [-0.1, -0.05) is 122 Å². The van der Waals surface area contributed by atoms with Crippen LogP contribution in [0, 0.1) is 5.92 Å². The van der Waals surface area contributed by atoms with Gasteiger partial charge in [-0.3, -0.25) is 0 Å². The predicted octanol–water partition coefficient (Wildman–Crippen LogP) is 9.22. The number of nitrogens with zero attached hydrogens (tertiary/aromatic N) is 2. The molecule has 1 unspecified atom stereocenters. The van der Waals surface area contributed by atoms with Gasteiger partial charge in [0, 0.05) is 0 Å². The molecule has 1 amide bonds. The topological polar surface area (TPSA) is 171 Å². The zero-order chi connectivity index (χ0) is 43.8. The summed E-state index contributed by atoms with van der Waals surface area (Å²) in [7, 11) is 1.44. The van der Waals surface area contributed by atoms with Crippen LogP contribution in [0.15, 0.2) is 9.89 Å². The zero-order valence-electron chi connectivity index (χ0n) is 39.3. The second kappa shape index (κ2) is 48.6. The van der Waals surface area contributed by atoms with Crippen LogP contribution >= 0.6 is 0 Å². The molecule has 0 rings (SSSR count). The third-order valence-electron chi connectivity index (χ3n) is 11.3. The minimum atomic E-state index is -0.525. The van der Waals surface area contributed by atoms with Gasteiger partial charge in [-0.15, -0.1) is 0 Å². The van der Waals surface area contributed by atoms with Crippen molar-refractivity contribution in [3.05, 3.63) is 0 Å². The van der Waals surface area contributed by atoms with Crippen molar-refractivity contribution < 1.29 is 24.2 Å². The quantitative estimate of drug-likeness (QED) is 0.0200. The fourth-order valence-corrected chi connectivity index (χ4v) is 7.52. The molecule has 346 valence electrons. The van der Waals surface area contributed by atoms with E-state index in [1.807, 2.05) is 0 Å². The van der Waals surface area contributed by atoms with Crippen LogP contribution in [0.3, 0.4) is 0 Å². The number of unbranched alkanes of at least 4 members (excludes halogenated alkanes) is 26. The Hall–Kier alpha value is -1.40. The predicted molar refractivity (Wildman–Crippen MR) is 259 cm³/mol. The Bertz CT molecular complexity index is 986. The molecule has 0 aromatic heterocycles. The van der Waals surface area contributed by atoms with Crippen molar-refractivity contribution in [2.45, 2.75) is 226 Å². The summed E-state index contributed by atoms with van der Waals surface area (Å²) in [5.74, 6) is 0.427. The van der Waals surface area contributed by atoms with Crippen LogP contribution in [-0.2, 0) is 14.2 Å². The minimum absolute atomic E-state index is 0.191. The van der Waals surface area contributed by atoms with E-state index in [1.165, 1.54) is 122 Å². The summed E-state index contributed by atoms with van der Waals surface area (Å²) in [6.07, 6.45) is 39.4. The van der Waals surface area contributed by atoms with Gasteiger partial charge in [-0.05, 0) is 19.4 Å². The Morgan fingerprint density at radius 1 is 0.583 bits per heavy atom. The molecule has 0 radical (unpaired) electrons. The van der Waals surface area contributed by atoms with Crippen molar-refractivity contribution in [3.63, 3.8) is 0 Å². The van der Waals surface area contributed by atoms with Crippen LogP contribution in [0.5, 0.6) is 0 Å². The summed E-state index contributed by atoms with van der Waals surface area (Å²) >= 11 is 0. The SMILES string of the molecule is CB(O)NCCCCCOB=NCC(CCCCCCNC(=O)CCCCCCCCCCCCCCCCCCCCCCCN)CN=C(B=O)CCCCNB(C)O. The Balaban J connectivity index is 3.96. The summed E-state index contributed by atoms with van der Waals surface area (Å²) in [6, 6.07) is 0. The molecule has 0 aromatic carbocycles.